The smallest absolute Gasteiger partial charge is 0.137 e. The highest BCUT2D eigenvalue weighted by molar-refractivity contribution is 6.06. The molecule has 2 heterocycles. The maximum atomic E-state index is 7.97. The lowest BCUT2D eigenvalue weighted by molar-refractivity contribution is 0.483. The molecule has 29 heavy (non-hydrogen) atoms. The van der Waals surface area contributed by atoms with Crippen LogP contribution in [0.5, 0.6) is 11.5 Å². The first kappa shape index (κ1) is 18.8. The van der Waals surface area contributed by atoms with Crippen molar-refractivity contribution in [1.82, 2.24) is 4.98 Å². The molecule has 0 amide bonds. The van der Waals surface area contributed by atoms with Crippen molar-refractivity contribution in [3.8, 4) is 22.6 Å². The molecule has 3 aromatic rings. The maximum Gasteiger partial charge on any atom is 0.137 e. The minimum absolute atomic E-state index is 0.112. The number of nitrogens with one attached hydrogen (secondary N) is 1. The molecular weight excluding hydrogens is 364 g/mol. The van der Waals surface area contributed by atoms with Crippen molar-refractivity contribution < 1.29 is 4.74 Å². The SMILES string of the molecule is N=C(N)c1c(-c2ccc(Oc3ccccc3)cc2)cc(N2CCC(N)C2)nc1N. The molecule has 7 heteroatoms. The molecule has 0 aliphatic carbocycles. The number of benzene rings is 2. The molecule has 0 radical (unpaired) electrons. The Morgan fingerprint density at radius 2 is 1.76 bits per heavy atom. The summed E-state index contributed by atoms with van der Waals surface area (Å²) in [4.78, 5) is 6.59. The minimum Gasteiger partial charge on any atom is -0.457 e. The van der Waals surface area contributed by atoms with Crippen LogP contribution in [0.15, 0.2) is 60.7 Å². The average molecular weight is 388 g/mol. The molecule has 2 aromatic carbocycles. The van der Waals surface area contributed by atoms with Crippen molar-refractivity contribution in [3.63, 3.8) is 0 Å². The quantitative estimate of drug-likeness (QED) is 0.393. The summed E-state index contributed by atoms with van der Waals surface area (Å²) in [5.74, 6) is 2.37. The van der Waals surface area contributed by atoms with Gasteiger partial charge in [0.2, 0.25) is 0 Å². The Morgan fingerprint density at radius 1 is 1.07 bits per heavy atom. The fraction of sp³-hybridized carbons (Fsp3) is 0.182. The Balaban J connectivity index is 1.69. The van der Waals surface area contributed by atoms with E-state index in [1.807, 2.05) is 60.7 Å². The van der Waals surface area contributed by atoms with Gasteiger partial charge in [0.25, 0.3) is 0 Å². The standard InChI is InChI=1S/C22H24N6O/c23-15-10-11-28(13-15)19-12-18(20(21(24)25)22(26)27-19)14-6-8-17(9-7-14)29-16-4-2-1-3-5-16/h1-9,12,15H,10-11,13,23H2,(H3,24,25)(H2,26,27). The zero-order valence-corrected chi connectivity index (χ0v) is 16.0. The van der Waals surface area contributed by atoms with E-state index in [0.29, 0.717) is 5.56 Å². The lowest BCUT2D eigenvalue weighted by Crippen LogP contribution is -2.27. The Morgan fingerprint density at radius 3 is 2.38 bits per heavy atom. The minimum atomic E-state index is -0.112. The topological polar surface area (TPSA) is 127 Å². The van der Waals surface area contributed by atoms with E-state index in [-0.39, 0.29) is 17.7 Å². The number of hydrogen-bond acceptors (Lipinski definition) is 6. The summed E-state index contributed by atoms with van der Waals surface area (Å²) < 4.78 is 5.86. The van der Waals surface area contributed by atoms with Gasteiger partial charge in [-0.05, 0) is 47.9 Å². The van der Waals surface area contributed by atoms with E-state index in [4.69, 9.17) is 27.3 Å². The second-order valence-corrected chi connectivity index (χ2v) is 7.14. The van der Waals surface area contributed by atoms with E-state index in [2.05, 4.69) is 9.88 Å². The van der Waals surface area contributed by atoms with Crippen LogP contribution in [-0.2, 0) is 0 Å². The number of aromatic nitrogens is 1. The van der Waals surface area contributed by atoms with Crippen molar-refractivity contribution >= 4 is 17.5 Å². The molecular formula is C22H24N6O. The van der Waals surface area contributed by atoms with Crippen molar-refractivity contribution in [2.45, 2.75) is 12.5 Å². The van der Waals surface area contributed by atoms with Crippen LogP contribution in [-0.4, -0.2) is 30.0 Å². The number of nitrogen functional groups attached to an aromatic ring is 2. The van der Waals surface area contributed by atoms with Crippen LogP contribution in [0.2, 0.25) is 0 Å². The van der Waals surface area contributed by atoms with Gasteiger partial charge in [0, 0.05) is 19.1 Å². The molecule has 1 aliphatic heterocycles. The second kappa shape index (κ2) is 7.81. The van der Waals surface area contributed by atoms with E-state index in [0.717, 1.165) is 48.0 Å². The number of amidine groups is 1. The van der Waals surface area contributed by atoms with Crippen molar-refractivity contribution in [3.05, 3.63) is 66.2 Å². The van der Waals surface area contributed by atoms with Gasteiger partial charge in [0.05, 0.1) is 5.56 Å². The van der Waals surface area contributed by atoms with Crippen LogP contribution >= 0.6 is 0 Å². The molecule has 1 aliphatic rings. The number of nitrogens with zero attached hydrogens (tertiary/aromatic N) is 2. The monoisotopic (exact) mass is 388 g/mol. The Bertz CT molecular complexity index is 1020. The molecule has 1 aromatic heterocycles. The molecule has 1 atom stereocenters. The Hall–Kier alpha value is -3.58. The molecule has 0 bridgehead atoms. The molecule has 1 fully saturated rings. The van der Waals surface area contributed by atoms with Gasteiger partial charge in [-0.25, -0.2) is 4.98 Å². The third kappa shape index (κ3) is 4.00. The summed E-state index contributed by atoms with van der Waals surface area (Å²) in [5, 5.41) is 7.97. The Kier molecular flexibility index (Phi) is 5.05. The second-order valence-electron chi connectivity index (χ2n) is 7.14. The third-order valence-corrected chi connectivity index (χ3v) is 5.00. The number of nitrogens with two attached hydrogens (primary N) is 3. The Labute approximate surface area is 169 Å². The van der Waals surface area contributed by atoms with Gasteiger partial charge in [-0.1, -0.05) is 30.3 Å². The lowest BCUT2D eigenvalue weighted by atomic mass is 9.99. The normalized spacial score (nSPS) is 16.0. The molecule has 1 unspecified atom stereocenters. The van der Waals surface area contributed by atoms with E-state index in [1.54, 1.807) is 0 Å². The largest absolute Gasteiger partial charge is 0.457 e. The highest BCUT2D eigenvalue weighted by Gasteiger charge is 2.23. The predicted octanol–water partition coefficient (Wildman–Crippen LogP) is 2.94. The van der Waals surface area contributed by atoms with Crippen LogP contribution in [0.1, 0.15) is 12.0 Å². The van der Waals surface area contributed by atoms with E-state index < -0.39 is 0 Å². The number of pyridine rings is 1. The molecule has 7 nitrogen and oxygen atoms in total. The third-order valence-electron chi connectivity index (χ3n) is 5.00. The molecule has 4 rings (SSSR count). The van der Waals surface area contributed by atoms with Gasteiger partial charge in [-0.3, -0.25) is 5.41 Å². The number of anilines is 2. The molecule has 7 N–H and O–H groups in total. The predicted molar refractivity (Wildman–Crippen MR) is 116 cm³/mol. The van der Waals surface area contributed by atoms with Crippen molar-refractivity contribution in [2.24, 2.45) is 11.5 Å². The number of rotatable bonds is 5. The van der Waals surface area contributed by atoms with Gasteiger partial charge in [-0.2, -0.15) is 0 Å². The molecule has 148 valence electrons. The van der Waals surface area contributed by atoms with E-state index in [1.165, 1.54) is 0 Å². The zero-order chi connectivity index (χ0) is 20.4. The highest BCUT2D eigenvalue weighted by Crippen LogP contribution is 2.33. The van der Waals surface area contributed by atoms with Crippen LogP contribution in [0.3, 0.4) is 0 Å². The zero-order valence-electron chi connectivity index (χ0n) is 16.0. The van der Waals surface area contributed by atoms with Crippen LogP contribution in [0.4, 0.5) is 11.6 Å². The van der Waals surface area contributed by atoms with Gasteiger partial charge in [0.15, 0.2) is 0 Å². The molecule has 0 spiro atoms. The lowest BCUT2D eigenvalue weighted by Gasteiger charge is -2.20. The summed E-state index contributed by atoms with van der Waals surface area (Å²) in [6, 6.07) is 19.3. The summed E-state index contributed by atoms with van der Waals surface area (Å²) in [5.41, 5.74) is 20.1. The number of para-hydroxylation sites is 1. The van der Waals surface area contributed by atoms with Gasteiger partial charge < -0.3 is 26.8 Å². The van der Waals surface area contributed by atoms with Crippen LogP contribution in [0.25, 0.3) is 11.1 Å². The average Bonchev–Trinajstić information content (AvgIpc) is 3.15. The molecule has 1 saturated heterocycles. The van der Waals surface area contributed by atoms with Gasteiger partial charge in [0.1, 0.15) is 29.0 Å². The van der Waals surface area contributed by atoms with Crippen molar-refractivity contribution in [1.29, 1.82) is 5.41 Å². The summed E-state index contributed by atoms with van der Waals surface area (Å²) in [6.07, 6.45) is 0.914. The van der Waals surface area contributed by atoms with Gasteiger partial charge >= 0.3 is 0 Å². The fourth-order valence-corrected chi connectivity index (χ4v) is 3.55. The number of hydrogen-bond donors (Lipinski definition) is 4. The van der Waals surface area contributed by atoms with Crippen LogP contribution < -0.4 is 26.8 Å². The van der Waals surface area contributed by atoms with E-state index in [9.17, 15) is 0 Å². The first-order valence-corrected chi connectivity index (χ1v) is 9.50. The van der Waals surface area contributed by atoms with Crippen molar-refractivity contribution in [2.75, 3.05) is 23.7 Å². The maximum absolute atomic E-state index is 7.97. The van der Waals surface area contributed by atoms with Gasteiger partial charge in [-0.15, -0.1) is 0 Å². The molecule has 0 saturated carbocycles. The van der Waals surface area contributed by atoms with E-state index >= 15 is 0 Å². The summed E-state index contributed by atoms with van der Waals surface area (Å²) in [7, 11) is 0. The highest BCUT2D eigenvalue weighted by atomic mass is 16.5. The fourth-order valence-electron chi connectivity index (χ4n) is 3.55. The first-order chi connectivity index (χ1) is 14.0. The summed E-state index contributed by atoms with van der Waals surface area (Å²) >= 11 is 0. The summed E-state index contributed by atoms with van der Waals surface area (Å²) in [6.45, 7) is 1.56. The first-order valence-electron chi connectivity index (χ1n) is 9.50. The van der Waals surface area contributed by atoms with Crippen LogP contribution in [0, 0.1) is 5.41 Å². The number of ether oxygens (including phenoxy) is 1.